The minimum Gasteiger partial charge on any atom is -0.493 e. The average Bonchev–Trinajstić information content (AvgIpc) is 2.80. The Morgan fingerprint density at radius 2 is 1.77 bits per heavy atom. The number of rotatable bonds is 5. The van der Waals surface area contributed by atoms with Crippen LogP contribution in [0.4, 0.5) is 16.0 Å². The summed E-state index contributed by atoms with van der Waals surface area (Å²) in [5, 5.41) is 8.97. The number of para-hydroxylation sites is 2. The number of aliphatic imine (C=N–C) groups is 2. The minimum absolute atomic E-state index is 0.0602. The number of ether oxygens (including phenoxy) is 2. The highest BCUT2D eigenvalue weighted by atomic mass is 19.1. The summed E-state index contributed by atoms with van der Waals surface area (Å²) in [4.78, 5) is 21.1. The number of nitrogens with zero attached hydrogens (tertiary/aromatic N) is 6. The monoisotopic (exact) mass is 412 g/mol. The van der Waals surface area contributed by atoms with Crippen molar-refractivity contribution in [1.82, 2.24) is 15.0 Å². The highest BCUT2D eigenvalue weighted by Gasteiger charge is 2.14. The number of halogens is 1. The van der Waals surface area contributed by atoms with Crippen molar-refractivity contribution in [2.24, 2.45) is 9.98 Å². The fourth-order valence-corrected chi connectivity index (χ4v) is 2.62. The van der Waals surface area contributed by atoms with E-state index in [1.54, 1.807) is 18.2 Å². The van der Waals surface area contributed by atoms with Crippen molar-refractivity contribution in [3.05, 3.63) is 72.2 Å². The molecule has 0 amide bonds. The molecular formula is C22H13FN6O2. The zero-order chi connectivity index (χ0) is 21.6. The molecule has 8 nitrogen and oxygen atoms in total. The fraction of sp³-hybridized carbons (Fsp3) is 0.0455. The smallest absolute Gasteiger partial charge is 0.266 e. The maximum atomic E-state index is 13.5. The van der Waals surface area contributed by atoms with Crippen LogP contribution in [0.25, 0.3) is 11.0 Å². The van der Waals surface area contributed by atoms with Crippen LogP contribution in [0.5, 0.6) is 17.4 Å². The molecule has 0 aliphatic rings. The van der Waals surface area contributed by atoms with E-state index in [9.17, 15) is 4.39 Å². The highest BCUT2D eigenvalue weighted by Crippen LogP contribution is 2.35. The van der Waals surface area contributed by atoms with Crippen LogP contribution < -0.4 is 9.47 Å². The number of methoxy groups -OCH3 is 1. The van der Waals surface area contributed by atoms with Crippen LogP contribution in [0.2, 0.25) is 0 Å². The number of hydrogen-bond donors (Lipinski definition) is 0. The topological polar surface area (TPSA) is 106 Å². The van der Waals surface area contributed by atoms with E-state index in [2.05, 4.69) is 30.9 Å². The van der Waals surface area contributed by atoms with Crippen molar-refractivity contribution in [3.63, 3.8) is 0 Å². The third-order valence-corrected chi connectivity index (χ3v) is 4.05. The van der Waals surface area contributed by atoms with Gasteiger partial charge in [-0.3, -0.25) is 0 Å². The van der Waals surface area contributed by atoms with Gasteiger partial charge in [-0.25, -0.2) is 19.3 Å². The molecule has 2 aromatic carbocycles. The summed E-state index contributed by atoms with van der Waals surface area (Å²) in [5.74, 6) is 0.391. The normalized spacial score (nSPS) is 10.1. The Morgan fingerprint density at radius 3 is 2.55 bits per heavy atom. The van der Waals surface area contributed by atoms with Gasteiger partial charge in [0.15, 0.2) is 17.3 Å². The zero-order valence-electron chi connectivity index (χ0n) is 16.2. The summed E-state index contributed by atoms with van der Waals surface area (Å²) in [7, 11) is 1.40. The van der Waals surface area contributed by atoms with E-state index in [0.717, 1.165) is 0 Å². The van der Waals surface area contributed by atoms with Crippen LogP contribution in [0, 0.1) is 17.1 Å². The molecule has 0 saturated carbocycles. The van der Waals surface area contributed by atoms with E-state index in [1.807, 2.05) is 18.2 Å². The fourth-order valence-electron chi connectivity index (χ4n) is 2.62. The lowest BCUT2D eigenvalue weighted by atomic mass is 10.3. The summed E-state index contributed by atoms with van der Waals surface area (Å²) < 4.78 is 24.5. The van der Waals surface area contributed by atoms with E-state index in [-0.39, 0.29) is 29.0 Å². The largest absolute Gasteiger partial charge is 0.493 e. The summed E-state index contributed by atoms with van der Waals surface area (Å²) in [6, 6.07) is 18.6. The van der Waals surface area contributed by atoms with Gasteiger partial charge in [0.25, 0.3) is 5.88 Å². The van der Waals surface area contributed by atoms with Gasteiger partial charge < -0.3 is 9.47 Å². The molecule has 2 aromatic heterocycles. The van der Waals surface area contributed by atoms with Crippen LogP contribution in [0.15, 0.2) is 70.8 Å². The van der Waals surface area contributed by atoms with Gasteiger partial charge in [-0.15, -0.1) is 0 Å². The van der Waals surface area contributed by atoms with Gasteiger partial charge in [-0.05, 0) is 30.3 Å². The van der Waals surface area contributed by atoms with E-state index in [4.69, 9.17) is 14.7 Å². The summed E-state index contributed by atoms with van der Waals surface area (Å²) in [6.45, 7) is 0. The van der Waals surface area contributed by atoms with E-state index >= 15 is 0 Å². The molecule has 0 saturated heterocycles. The number of fused-ring (bicyclic) bond motifs is 1. The zero-order valence-corrected chi connectivity index (χ0v) is 16.2. The van der Waals surface area contributed by atoms with Gasteiger partial charge in [0, 0.05) is 18.3 Å². The van der Waals surface area contributed by atoms with Gasteiger partial charge >= 0.3 is 0 Å². The first-order chi connectivity index (χ1) is 15.2. The van der Waals surface area contributed by atoms with Crippen LogP contribution in [-0.2, 0) is 0 Å². The van der Waals surface area contributed by atoms with Crippen molar-refractivity contribution in [2.75, 3.05) is 7.11 Å². The van der Waals surface area contributed by atoms with Crippen molar-refractivity contribution in [3.8, 4) is 23.4 Å². The van der Waals surface area contributed by atoms with Gasteiger partial charge in [0.2, 0.25) is 5.82 Å². The summed E-state index contributed by atoms with van der Waals surface area (Å²) in [5.41, 5.74) is 1.58. The maximum Gasteiger partial charge on any atom is 0.266 e. The Kier molecular flexibility index (Phi) is 5.56. The van der Waals surface area contributed by atoms with E-state index < -0.39 is 5.82 Å². The van der Waals surface area contributed by atoms with E-state index in [0.29, 0.717) is 16.6 Å². The molecule has 0 aliphatic heterocycles. The highest BCUT2D eigenvalue weighted by molar-refractivity contribution is 5.77. The maximum absolute atomic E-state index is 13.5. The number of aromatic nitrogens is 3. The first-order valence-corrected chi connectivity index (χ1v) is 8.97. The number of pyridine rings is 1. The Morgan fingerprint density at radius 1 is 0.968 bits per heavy atom. The third kappa shape index (κ3) is 4.50. The molecule has 31 heavy (non-hydrogen) atoms. The third-order valence-electron chi connectivity index (χ3n) is 4.05. The second-order valence-electron chi connectivity index (χ2n) is 6.08. The van der Waals surface area contributed by atoms with Crippen LogP contribution in [0.1, 0.15) is 5.56 Å². The molecule has 2 heterocycles. The number of benzene rings is 2. The molecular weight excluding hydrogens is 399 g/mol. The Balaban J connectivity index is 1.76. The first kappa shape index (κ1) is 19.6. The van der Waals surface area contributed by atoms with Crippen LogP contribution in [-0.4, -0.2) is 28.1 Å². The molecule has 4 rings (SSSR count). The lowest BCUT2D eigenvalue weighted by molar-refractivity contribution is 0.371. The van der Waals surface area contributed by atoms with E-state index in [1.165, 1.54) is 37.6 Å². The Labute approximate surface area is 176 Å². The molecule has 0 fully saturated rings. The molecule has 0 spiro atoms. The molecule has 0 atom stereocenters. The SMILES string of the molecule is COc1cc(F)ccc1Oc1nc2ccccc2nc1N=C=Nc1cc(C#N)ccn1. The predicted molar refractivity (Wildman–Crippen MR) is 111 cm³/mol. The lowest BCUT2D eigenvalue weighted by Crippen LogP contribution is -1.95. The molecule has 0 aliphatic carbocycles. The summed E-state index contributed by atoms with van der Waals surface area (Å²) in [6.07, 6.45) is 1.46. The lowest BCUT2D eigenvalue weighted by Gasteiger charge is -2.11. The van der Waals surface area contributed by atoms with Crippen molar-refractivity contribution >= 4 is 28.7 Å². The molecule has 4 aromatic rings. The summed E-state index contributed by atoms with van der Waals surface area (Å²) >= 11 is 0. The molecule has 0 bridgehead atoms. The van der Waals surface area contributed by atoms with Crippen molar-refractivity contribution < 1.29 is 13.9 Å². The quantitative estimate of drug-likeness (QED) is 0.428. The Bertz CT molecular complexity index is 1380. The van der Waals surface area contributed by atoms with Gasteiger partial charge in [-0.1, -0.05) is 12.1 Å². The van der Waals surface area contributed by atoms with Crippen LogP contribution in [0.3, 0.4) is 0 Å². The molecule has 0 radical (unpaired) electrons. The average molecular weight is 412 g/mol. The molecule has 9 heteroatoms. The van der Waals surface area contributed by atoms with Crippen LogP contribution >= 0.6 is 0 Å². The molecule has 0 N–H and O–H groups in total. The second kappa shape index (κ2) is 8.78. The standard InChI is InChI=1S/C22H13FN6O2/c1-30-19-11-15(23)6-7-18(19)31-22-21(28-16-4-2-3-5-17(16)29-22)27-13-26-20-10-14(12-24)8-9-25-20/h2-11H,1H3. The number of hydrogen-bond acceptors (Lipinski definition) is 8. The minimum atomic E-state index is -0.466. The second-order valence-corrected chi connectivity index (χ2v) is 6.08. The molecule has 0 unspecified atom stereocenters. The van der Waals surface area contributed by atoms with Gasteiger partial charge in [0.1, 0.15) is 11.8 Å². The van der Waals surface area contributed by atoms with Crippen molar-refractivity contribution in [2.45, 2.75) is 0 Å². The van der Waals surface area contributed by atoms with Gasteiger partial charge in [0.05, 0.1) is 29.8 Å². The predicted octanol–water partition coefficient (Wildman–Crippen LogP) is 4.97. The van der Waals surface area contributed by atoms with Crippen molar-refractivity contribution in [1.29, 1.82) is 5.26 Å². The molecule has 150 valence electrons. The Hall–Kier alpha value is -4.67. The van der Waals surface area contributed by atoms with Gasteiger partial charge in [-0.2, -0.15) is 15.2 Å². The first-order valence-electron chi connectivity index (χ1n) is 8.97. The number of nitriles is 1.